The van der Waals surface area contributed by atoms with Gasteiger partial charge in [0.05, 0.1) is 5.02 Å². The van der Waals surface area contributed by atoms with Crippen molar-refractivity contribution in [3.05, 3.63) is 53.3 Å². The molecule has 0 radical (unpaired) electrons. The third-order valence-corrected chi connectivity index (χ3v) is 3.91. The van der Waals surface area contributed by atoms with Crippen molar-refractivity contribution in [2.45, 2.75) is 19.1 Å². The second-order valence-electron chi connectivity index (χ2n) is 5.56. The number of hydrogen-bond donors (Lipinski definition) is 1. The lowest BCUT2D eigenvalue weighted by Crippen LogP contribution is -2.41. The molecule has 6 nitrogen and oxygen atoms in total. The molecule has 8 heteroatoms. The zero-order valence-corrected chi connectivity index (χ0v) is 14.5. The van der Waals surface area contributed by atoms with Crippen LogP contribution in [0.5, 0.6) is 11.5 Å². The summed E-state index contributed by atoms with van der Waals surface area (Å²) in [4.78, 5) is 24.3. The van der Waals surface area contributed by atoms with Gasteiger partial charge in [0.25, 0.3) is 5.91 Å². The smallest absolute Gasteiger partial charge is 0.351 e. The van der Waals surface area contributed by atoms with Gasteiger partial charge in [-0.25, -0.2) is 9.18 Å². The van der Waals surface area contributed by atoms with Crippen LogP contribution in [0, 0.1) is 5.82 Å². The van der Waals surface area contributed by atoms with Gasteiger partial charge in [0.15, 0.2) is 17.6 Å². The highest BCUT2D eigenvalue weighted by Gasteiger charge is 2.31. The third-order valence-electron chi connectivity index (χ3n) is 3.62. The first-order chi connectivity index (χ1) is 12.4. The molecule has 0 spiro atoms. The second kappa shape index (κ2) is 7.61. The number of amides is 1. The van der Waals surface area contributed by atoms with Crippen LogP contribution in [-0.4, -0.2) is 30.7 Å². The van der Waals surface area contributed by atoms with E-state index in [2.05, 4.69) is 5.32 Å². The van der Waals surface area contributed by atoms with Crippen LogP contribution in [0.25, 0.3) is 0 Å². The Hall–Kier alpha value is -2.80. The minimum atomic E-state index is -1.09. The van der Waals surface area contributed by atoms with Gasteiger partial charge in [-0.2, -0.15) is 0 Å². The van der Waals surface area contributed by atoms with E-state index in [9.17, 15) is 14.0 Å². The molecule has 1 N–H and O–H groups in total. The maximum absolute atomic E-state index is 13.1. The highest BCUT2D eigenvalue weighted by molar-refractivity contribution is 6.31. The average molecular weight is 380 g/mol. The average Bonchev–Trinajstić information content (AvgIpc) is 2.64. The predicted octanol–water partition coefficient (Wildman–Crippen LogP) is 3.19. The number of para-hydroxylation sites is 2. The van der Waals surface area contributed by atoms with E-state index in [0.29, 0.717) is 11.5 Å². The van der Waals surface area contributed by atoms with E-state index >= 15 is 0 Å². The molecule has 0 fully saturated rings. The van der Waals surface area contributed by atoms with Gasteiger partial charge in [0.1, 0.15) is 12.4 Å². The molecule has 1 aliphatic rings. The van der Waals surface area contributed by atoms with Crippen molar-refractivity contribution in [2.24, 2.45) is 0 Å². The summed E-state index contributed by atoms with van der Waals surface area (Å²) in [7, 11) is 0. The second-order valence-corrected chi connectivity index (χ2v) is 5.97. The first-order valence-electron chi connectivity index (χ1n) is 7.79. The summed E-state index contributed by atoms with van der Waals surface area (Å²) in [5.41, 5.74) is 0.287. The molecular formula is C18H15ClFNO5. The Morgan fingerprint density at radius 1 is 1.27 bits per heavy atom. The highest BCUT2D eigenvalue weighted by atomic mass is 35.5. The zero-order chi connectivity index (χ0) is 18.7. The lowest BCUT2D eigenvalue weighted by atomic mass is 10.2. The maximum Gasteiger partial charge on any atom is 0.351 e. The SMILES string of the molecule is C[C@@H](OC(=O)[C@@H]1COc2ccccc2O1)C(=O)Nc1ccc(F)c(Cl)c1. The number of hydrogen-bond acceptors (Lipinski definition) is 5. The molecule has 1 amide bonds. The van der Waals surface area contributed by atoms with Crippen LogP contribution in [0.3, 0.4) is 0 Å². The first kappa shape index (κ1) is 18.0. The fourth-order valence-corrected chi connectivity index (χ4v) is 2.44. The van der Waals surface area contributed by atoms with Crippen molar-refractivity contribution in [1.82, 2.24) is 0 Å². The summed E-state index contributed by atoms with van der Waals surface area (Å²) < 4.78 is 29.2. The van der Waals surface area contributed by atoms with Crippen molar-refractivity contribution < 1.29 is 28.2 Å². The first-order valence-corrected chi connectivity index (χ1v) is 8.16. The predicted molar refractivity (Wildman–Crippen MR) is 91.9 cm³/mol. The molecule has 2 aromatic carbocycles. The zero-order valence-electron chi connectivity index (χ0n) is 13.7. The number of fused-ring (bicyclic) bond motifs is 1. The molecule has 0 saturated carbocycles. The minimum Gasteiger partial charge on any atom is -0.485 e. The quantitative estimate of drug-likeness (QED) is 0.826. The summed E-state index contributed by atoms with van der Waals surface area (Å²) in [6.07, 6.45) is -2.06. The standard InChI is InChI=1S/C18H15ClFNO5/c1-10(17(22)21-11-6-7-13(20)12(19)8-11)25-18(23)16-9-24-14-4-2-3-5-15(14)26-16/h2-8,10,16H,9H2,1H3,(H,21,22)/t10-,16+/m1/s1. The van der Waals surface area contributed by atoms with E-state index in [1.807, 2.05) is 0 Å². The van der Waals surface area contributed by atoms with Crippen molar-refractivity contribution >= 4 is 29.2 Å². The number of anilines is 1. The van der Waals surface area contributed by atoms with Gasteiger partial charge in [-0.15, -0.1) is 0 Å². The van der Waals surface area contributed by atoms with Crippen molar-refractivity contribution in [3.8, 4) is 11.5 Å². The number of carbonyl (C=O) groups excluding carboxylic acids is 2. The molecular weight excluding hydrogens is 365 g/mol. The van der Waals surface area contributed by atoms with Gasteiger partial charge in [0, 0.05) is 5.69 Å². The van der Waals surface area contributed by atoms with E-state index in [0.717, 1.165) is 6.07 Å². The Morgan fingerprint density at radius 2 is 2.00 bits per heavy atom. The third kappa shape index (κ3) is 4.05. The van der Waals surface area contributed by atoms with Gasteiger partial charge in [-0.1, -0.05) is 23.7 Å². The van der Waals surface area contributed by atoms with E-state index in [-0.39, 0.29) is 17.3 Å². The van der Waals surface area contributed by atoms with Crippen molar-refractivity contribution in [2.75, 3.05) is 11.9 Å². The van der Waals surface area contributed by atoms with Crippen LogP contribution < -0.4 is 14.8 Å². The van der Waals surface area contributed by atoms with Gasteiger partial charge < -0.3 is 19.5 Å². The van der Waals surface area contributed by atoms with Crippen LogP contribution in [0.4, 0.5) is 10.1 Å². The number of ether oxygens (including phenoxy) is 3. The topological polar surface area (TPSA) is 73.9 Å². The molecule has 2 atom stereocenters. The van der Waals surface area contributed by atoms with Gasteiger partial charge >= 0.3 is 5.97 Å². The lowest BCUT2D eigenvalue weighted by Gasteiger charge is -2.25. The molecule has 0 saturated heterocycles. The van der Waals surface area contributed by atoms with Crippen LogP contribution >= 0.6 is 11.6 Å². The van der Waals surface area contributed by atoms with Crippen LogP contribution in [0.2, 0.25) is 5.02 Å². The summed E-state index contributed by atoms with van der Waals surface area (Å²) in [6.45, 7) is 1.40. The molecule has 1 aliphatic heterocycles. The van der Waals surface area contributed by atoms with E-state index in [1.54, 1.807) is 24.3 Å². The fraction of sp³-hybridized carbons (Fsp3) is 0.222. The van der Waals surface area contributed by atoms with E-state index in [1.165, 1.54) is 19.1 Å². The number of benzene rings is 2. The summed E-state index contributed by atoms with van der Waals surface area (Å²) in [5, 5.41) is 2.37. The van der Waals surface area contributed by atoms with Crippen molar-refractivity contribution in [1.29, 1.82) is 0 Å². The highest BCUT2D eigenvalue weighted by Crippen LogP contribution is 2.31. The monoisotopic (exact) mass is 379 g/mol. The number of carbonyl (C=O) groups is 2. The summed E-state index contributed by atoms with van der Waals surface area (Å²) in [5.74, 6) is -0.939. The molecule has 136 valence electrons. The van der Waals surface area contributed by atoms with Crippen molar-refractivity contribution in [3.63, 3.8) is 0 Å². The Labute approximate surface area is 153 Å². The van der Waals surface area contributed by atoms with E-state index in [4.69, 9.17) is 25.8 Å². The maximum atomic E-state index is 13.1. The van der Waals surface area contributed by atoms with Crippen LogP contribution in [0.1, 0.15) is 6.92 Å². The molecule has 0 aliphatic carbocycles. The number of nitrogens with one attached hydrogen (secondary N) is 1. The Morgan fingerprint density at radius 3 is 2.73 bits per heavy atom. The number of halogens is 2. The Kier molecular flexibility index (Phi) is 5.27. The van der Waals surface area contributed by atoms with Gasteiger partial charge in [-0.05, 0) is 37.3 Å². The molecule has 0 unspecified atom stereocenters. The molecule has 0 bridgehead atoms. The summed E-state index contributed by atoms with van der Waals surface area (Å²) >= 11 is 5.66. The van der Waals surface area contributed by atoms with E-state index < -0.39 is 29.9 Å². The Bertz CT molecular complexity index is 844. The van der Waals surface area contributed by atoms with Gasteiger partial charge in [-0.3, -0.25) is 4.79 Å². The van der Waals surface area contributed by atoms with Crippen LogP contribution in [0.15, 0.2) is 42.5 Å². The number of esters is 1. The largest absolute Gasteiger partial charge is 0.485 e. The summed E-state index contributed by atoms with van der Waals surface area (Å²) in [6, 6.07) is 10.7. The Balaban J connectivity index is 1.57. The molecule has 2 aromatic rings. The molecule has 1 heterocycles. The van der Waals surface area contributed by atoms with Gasteiger partial charge in [0.2, 0.25) is 6.10 Å². The lowest BCUT2D eigenvalue weighted by molar-refractivity contribution is -0.162. The minimum absolute atomic E-state index is 0.0161. The van der Waals surface area contributed by atoms with Crippen LogP contribution in [-0.2, 0) is 14.3 Å². The molecule has 26 heavy (non-hydrogen) atoms. The normalized spacial score (nSPS) is 16.5. The fourth-order valence-electron chi connectivity index (χ4n) is 2.26. The number of rotatable bonds is 4. The molecule has 0 aromatic heterocycles. The molecule has 3 rings (SSSR count).